The van der Waals surface area contributed by atoms with Crippen LogP contribution < -0.4 is 0 Å². The number of benzene rings is 3. The van der Waals surface area contributed by atoms with Gasteiger partial charge in [-0.3, -0.25) is 0 Å². The number of aryl methyl sites for hydroxylation is 2. The molecule has 0 saturated heterocycles. The van der Waals surface area contributed by atoms with Crippen molar-refractivity contribution in [3.63, 3.8) is 0 Å². The lowest BCUT2D eigenvalue weighted by molar-refractivity contribution is 0.0594. The van der Waals surface area contributed by atoms with Crippen molar-refractivity contribution in [3.8, 4) is 5.75 Å². The Hall–Kier alpha value is -2.62. The normalized spacial score (nSPS) is 12.8. The molecule has 1 N–H and O–H groups in total. The quantitative estimate of drug-likeness (QED) is 0.125. The average molecular weight is 559 g/mol. The molecule has 0 heterocycles. The molecule has 3 aromatic rings. The Morgan fingerprint density at radius 1 is 0.512 bits per heavy atom. The molecule has 0 aliphatic rings. The van der Waals surface area contributed by atoms with E-state index in [1.54, 1.807) is 6.07 Å². The number of phenols is 1. The molecule has 0 bridgehead atoms. The van der Waals surface area contributed by atoms with Gasteiger partial charge in [0.05, 0.1) is 12.2 Å². The number of hydrogen-bond acceptors (Lipinski definition) is 3. The van der Waals surface area contributed by atoms with Crippen LogP contribution in [-0.4, -0.2) is 30.5 Å². The maximum absolute atomic E-state index is 10.6. The van der Waals surface area contributed by atoms with E-state index in [4.69, 9.17) is 9.47 Å². The number of aromatic hydroxyl groups is 1. The molecule has 0 radical (unpaired) electrons. The summed E-state index contributed by atoms with van der Waals surface area (Å²) in [5.74, 6) is 0.374. The van der Waals surface area contributed by atoms with E-state index in [2.05, 4.69) is 80.6 Å². The molecule has 0 aliphatic heterocycles. The van der Waals surface area contributed by atoms with Gasteiger partial charge in [0.2, 0.25) is 0 Å². The highest BCUT2D eigenvalue weighted by Gasteiger charge is 2.15. The fourth-order valence-corrected chi connectivity index (χ4v) is 5.54. The van der Waals surface area contributed by atoms with Crippen LogP contribution in [0, 0.1) is 0 Å². The van der Waals surface area contributed by atoms with Gasteiger partial charge >= 0.3 is 0 Å². The lowest BCUT2D eigenvalue weighted by Crippen LogP contribution is -2.17. The highest BCUT2D eigenvalue weighted by molar-refractivity contribution is 5.40. The van der Waals surface area contributed by atoms with Crippen molar-refractivity contribution < 1.29 is 14.6 Å². The zero-order valence-electron chi connectivity index (χ0n) is 25.7. The summed E-state index contributed by atoms with van der Waals surface area (Å²) >= 11 is 0. The molecule has 0 aromatic heterocycles. The first kappa shape index (κ1) is 32.9. The Bertz CT molecular complexity index is 1050. The predicted molar refractivity (Wildman–Crippen MR) is 173 cm³/mol. The molecule has 0 spiro atoms. The molecule has 3 rings (SSSR count). The average Bonchev–Trinajstić information content (AvgIpc) is 2.98. The van der Waals surface area contributed by atoms with Crippen LogP contribution in [-0.2, 0) is 35.2 Å². The van der Waals surface area contributed by atoms with E-state index in [1.807, 2.05) is 6.07 Å². The van der Waals surface area contributed by atoms with Crippen molar-refractivity contribution in [1.29, 1.82) is 0 Å². The third kappa shape index (κ3) is 14.2. The lowest BCUT2D eigenvalue weighted by Gasteiger charge is -2.19. The minimum absolute atomic E-state index is 0.0817. The Labute approximate surface area is 250 Å². The summed E-state index contributed by atoms with van der Waals surface area (Å²) in [6.07, 6.45) is 16.4. The summed E-state index contributed by atoms with van der Waals surface area (Å²) in [5, 5.41) is 10.6. The van der Waals surface area contributed by atoms with Crippen LogP contribution in [0.2, 0.25) is 0 Å². The van der Waals surface area contributed by atoms with E-state index >= 15 is 0 Å². The fraction of sp³-hybridized carbons (Fsp3) is 0.526. The first-order valence-electron chi connectivity index (χ1n) is 16.2. The van der Waals surface area contributed by atoms with Gasteiger partial charge < -0.3 is 14.6 Å². The third-order valence-corrected chi connectivity index (χ3v) is 7.96. The van der Waals surface area contributed by atoms with Crippen molar-refractivity contribution in [3.05, 3.63) is 101 Å². The second-order valence-corrected chi connectivity index (χ2v) is 11.7. The second kappa shape index (κ2) is 20.3. The molecular weight excluding hydrogens is 504 g/mol. The van der Waals surface area contributed by atoms with Crippen LogP contribution >= 0.6 is 0 Å². The molecule has 3 heteroatoms. The molecule has 2 atom stereocenters. The van der Waals surface area contributed by atoms with Gasteiger partial charge in [-0.25, -0.2) is 0 Å². The fourth-order valence-electron chi connectivity index (χ4n) is 5.54. The van der Waals surface area contributed by atoms with Gasteiger partial charge in [-0.15, -0.1) is 0 Å². The Morgan fingerprint density at radius 3 is 1.51 bits per heavy atom. The van der Waals surface area contributed by atoms with Gasteiger partial charge in [-0.05, 0) is 87.1 Å². The number of rotatable bonds is 22. The first-order chi connectivity index (χ1) is 20.1. The minimum atomic E-state index is 0.0817. The molecular formula is C38H54O3. The Balaban J connectivity index is 1.24. The van der Waals surface area contributed by atoms with E-state index < -0.39 is 0 Å². The summed E-state index contributed by atoms with van der Waals surface area (Å²) in [7, 11) is 0. The molecule has 0 amide bonds. The van der Waals surface area contributed by atoms with Crippen molar-refractivity contribution in [2.75, 3.05) is 13.2 Å². The lowest BCUT2D eigenvalue weighted by atomic mass is 9.97. The number of ether oxygens (including phenoxy) is 2. The van der Waals surface area contributed by atoms with Crippen LogP contribution in [0.4, 0.5) is 0 Å². The van der Waals surface area contributed by atoms with Crippen molar-refractivity contribution in [2.24, 2.45) is 0 Å². The van der Waals surface area contributed by atoms with Gasteiger partial charge in [-0.1, -0.05) is 111 Å². The van der Waals surface area contributed by atoms with Gasteiger partial charge in [0.15, 0.2) is 0 Å². The molecule has 3 nitrogen and oxygen atoms in total. The highest BCUT2D eigenvalue weighted by Crippen LogP contribution is 2.25. The summed E-state index contributed by atoms with van der Waals surface area (Å²) in [6, 6.07) is 27.4. The summed E-state index contributed by atoms with van der Waals surface area (Å²) in [6.45, 7) is 5.86. The van der Waals surface area contributed by atoms with E-state index in [0.29, 0.717) is 5.75 Å². The second-order valence-electron chi connectivity index (χ2n) is 11.7. The third-order valence-electron chi connectivity index (χ3n) is 7.96. The summed E-state index contributed by atoms with van der Waals surface area (Å²) in [4.78, 5) is 0. The Morgan fingerprint density at radius 2 is 0.976 bits per heavy atom. The number of unbranched alkanes of at least 4 members (excludes halogenated alkanes) is 8. The van der Waals surface area contributed by atoms with Crippen LogP contribution in [0.1, 0.15) is 100 Å². The first-order valence-corrected chi connectivity index (χ1v) is 16.2. The van der Waals surface area contributed by atoms with Gasteiger partial charge in [0, 0.05) is 19.6 Å². The summed E-state index contributed by atoms with van der Waals surface area (Å²) < 4.78 is 12.3. The van der Waals surface area contributed by atoms with E-state index in [0.717, 1.165) is 44.5 Å². The molecule has 0 saturated carbocycles. The van der Waals surface area contributed by atoms with Crippen LogP contribution in [0.5, 0.6) is 5.75 Å². The molecule has 2 unspecified atom stereocenters. The highest BCUT2D eigenvalue weighted by atomic mass is 16.5. The largest absolute Gasteiger partial charge is 0.508 e. The smallest absolute Gasteiger partial charge is 0.119 e. The van der Waals surface area contributed by atoms with E-state index in [9.17, 15) is 5.11 Å². The molecule has 224 valence electrons. The molecule has 0 fully saturated rings. The maximum atomic E-state index is 10.6. The number of phenolic OH excluding ortho intramolecular Hbond substituents is 1. The zero-order valence-corrected chi connectivity index (χ0v) is 25.7. The maximum Gasteiger partial charge on any atom is 0.119 e. The van der Waals surface area contributed by atoms with Crippen molar-refractivity contribution in [2.45, 2.75) is 116 Å². The molecule has 0 aliphatic carbocycles. The topological polar surface area (TPSA) is 38.7 Å². The predicted octanol–water partition coefficient (Wildman–Crippen LogP) is 9.67. The number of hydrogen-bond donors (Lipinski definition) is 1. The van der Waals surface area contributed by atoms with Crippen molar-refractivity contribution >= 4 is 0 Å². The van der Waals surface area contributed by atoms with Gasteiger partial charge in [0.1, 0.15) is 5.75 Å². The monoisotopic (exact) mass is 558 g/mol. The minimum Gasteiger partial charge on any atom is -0.508 e. The molecule has 3 aromatic carbocycles. The summed E-state index contributed by atoms with van der Waals surface area (Å²) in [5.41, 5.74) is 5.06. The van der Waals surface area contributed by atoms with Crippen LogP contribution in [0.3, 0.4) is 0 Å². The SMILES string of the molecule is CC(Cc1cccc(O)c1CC(C)OCCCCCCCc1ccccc1)OCCCCCCCc1ccccc1. The van der Waals surface area contributed by atoms with Crippen molar-refractivity contribution in [1.82, 2.24) is 0 Å². The molecule has 41 heavy (non-hydrogen) atoms. The zero-order chi connectivity index (χ0) is 29.0. The standard InChI is InChI=1S/C38H54O3/c1-32(40-28-17-7-3-5-11-20-34-22-13-9-14-23-34)30-36-26-19-27-38(39)37(36)31-33(2)41-29-18-8-4-6-12-21-35-24-15-10-16-25-35/h9-10,13-16,19,22-27,32-33,39H,3-8,11-12,17-18,20-21,28-31H2,1-2H3. The van der Waals surface area contributed by atoms with E-state index in [1.165, 1.54) is 80.9 Å². The van der Waals surface area contributed by atoms with Gasteiger partial charge in [-0.2, -0.15) is 0 Å². The van der Waals surface area contributed by atoms with E-state index in [-0.39, 0.29) is 12.2 Å². The van der Waals surface area contributed by atoms with Gasteiger partial charge in [0.25, 0.3) is 0 Å². The van der Waals surface area contributed by atoms with Crippen LogP contribution in [0.25, 0.3) is 0 Å². The Kier molecular flexibility index (Phi) is 16.3. The van der Waals surface area contributed by atoms with Crippen LogP contribution in [0.15, 0.2) is 78.9 Å².